The van der Waals surface area contributed by atoms with Gasteiger partial charge in [-0.3, -0.25) is 0 Å². The minimum absolute atomic E-state index is 0.0447. The van der Waals surface area contributed by atoms with Crippen molar-refractivity contribution in [3.05, 3.63) is 29.3 Å². The first-order valence-electron chi connectivity index (χ1n) is 6.58. The summed E-state index contributed by atoms with van der Waals surface area (Å²) in [7, 11) is 1.54. The van der Waals surface area contributed by atoms with E-state index in [0.29, 0.717) is 31.7 Å². The predicted molar refractivity (Wildman–Crippen MR) is 72.4 cm³/mol. The molecule has 0 heterocycles. The second kappa shape index (κ2) is 8.86. The Kier molecular flexibility index (Phi) is 7.49. The number of nitrogens with two attached hydrogens (primary N) is 1. The number of alkyl halides is 3. The molecule has 7 heteroatoms. The highest BCUT2D eigenvalue weighted by Crippen LogP contribution is 2.36. The van der Waals surface area contributed by atoms with E-state index >= 15 is 0 Å². The quantitative estimate of drug-likeness (QED) is 0.711. The fraction of sp³-hybridized carbons (Fsp3) is 0.571. The standard InChI is InChI=1S/C14H20F3NO3/c1-19-6-7-20-8-9-21-13-3-2-11(4-5-18)10-12(13)14(15,16)17/h2-3,10H,4-9,18H2,1H3. The lowest BCUT2D eigenvalue weighted by atomic mass is 10.1. The van der Waals surface area contributed by atoms with Crippen LogP contribution in [0.4, 0.5) is 13.2 Å². The van der Waals surface area contributed by atoms with Crippen molar-refractivity contribution < 1.29 is 27.4 Å². The minimum Gasteiger partial charge on any atom is -0.491 e. The summed E-state index contributed by atoms with van der Waals surface area (Å²) in [6, 6.07) is 3.99. The maximum Gasteiger partial charge on any atom is 0.419 e. The number of hydrogen-bond donors (Lipinski definition) is 1. The highest BCUT2D eigenvalue weighted by molar-refractivity contribution is 5.39. The molecule has 0 aromatic heterocycles. The Hall–Kier alpha value is -1.31. The lowest BCUT2D eigenvalue weighted by Gasteiger charge is -2.15. The summed E-state index contributed by atoms with van der Waals surface area (Å²) >= 11 is 0. The van der Waals surface area contributed by atoms with E-state index in [4.69, 9.17) is 19.9 Å². The van der Waals surface area contributed by atoms with E-state index < -0.39 is 11.7 Å². The van der Waals surface area contributed by atoms with Crippen molar-refractivity contribution >= 4 is 0 Å². The molecule has 0 aliphatic rings. The highest BCUT2D eigenvalue weighted by Gasteiger charge is 2.34. The molecule has 0 fully saturated rings. The minimum atomic E-state index is -4.46. The molecule has 21 heavy (non-hydrogen) atoms. The molecular weight excluding hydrogens is 287 g/mol. The van der Waals surface area contributed by atoms with Gasteiger partial charge < -0.3 is 19.9 Å². The van der Waals surface area contributed by atoms with Gasteiger partial charge in [0.1, 0.15) is 12.4 Å². The third-order valence-electron chi connectivity index (χ3n) is 2.70. The van der Waals surface area contributed by atoms with Crippen molar-refractivity contribution in [1.82, 2.24) is 0 Å². The molecule has 2 N–H and O–H groups in total. The van der Waals surface area contributed by atoms with Crippen molar-refractivity contribution in [2.75, 3.05) is 40.1 Å². The summed E-state index contributed by atoms with van der Waals surface area (Å²) in [6.07, 6.45) is -4.07. The van der Waals surface area contributed by atoms with Crippen LogP contribution in [0.2, 0.25) is 0 Å². The largest absolute Gasteiger partial charge is 0.491 e. The molecule has 1 aromatic rings. The molecule has 0 aliphatic carbocycles. The Labute approximate surface area is 122 Å². The lowest BCUT2D eigenvalue weighted by Crippen LogP contribution is -2.14. The van der Waals surface area contributed by atoms with Crippen LogP contribution in [0.5, 0.6) is 5.75 Å². The van der Waals surface area contributed by atoms with Crippen LogP contribution < -0.4 is 10.5 Å². The van der Waals surface area contributed by atoms with Gasteiger partial charge in [-0.1, -0.05) is 6.07 Å². The van der Waals surface area contributed by atoms with E-state index in [1.807, 2.05) is 0 Å². The second-order valence-electron chi connectivity index (χ2n) is 4.32. The van der Waals surface area contributed by atoms with E-state index in [1.54, 1.807) is 13.2 Å². The molecule has 0 saturated heterocycles. The fourth-order valence-corrected chi connectivity index (χ4v) is 1.70. The third-order valence-corrected chi connectivity index (χ3v) is 2.70. The van der Waals surface area contributed by atoms with Crippen molar-refractivity contribution in [3.8, 4) is 5.75 Å². The van der Waals surface area contributed by atoms with Crippen LogP contribution in [0, 0.1) is 0 Å². The molecule has 4 nitrogen and oxygen atoms in total. The van der Waals surface area contributed by atoms with Crippen LogP contribution in [0.25, 0.3) is 0 Å². The van der Waals surface area contributed by atoms with Gasteiger partial charge in [0, 0.05) is 7.11 Å². The third kappa shape index (κ3) is 6.33. The van der Waals surface area contributed by atoms with Crippen molar-refractivity contribution in [2.24, 2.45) is 5.73 Å². The molecule has 0 unspecified atom stereocenters. The number of halogens is 3. The Morgan fingerprint density at radius 3 is 2.43 bits per heavy atom. The molecule has 0 atom stereocenters. The fourth-order valence-electron chi connectivity index (χ4n) is 1.70. The summed E-state index contributed by atoms with van der Waals surface area (Å²) in [5, 5.41) is 0. The smallest absolute Gasteiger partial charge is 0.419 e. The summed E-state index contributed by atoms with van der Waals surface area (Å²) in [6.45, 7) is 1.35. The molecule has 1 aromatic carbocycles. The molecule has 0 aliphatic heterocycles. The SMILES string of the molecule is COCCOCCOc1ccc(CCN)cc1C(F)(F)F. The first-order chi connectivity index (χ1) is 9.99. The van der Waals surface area contributed by atoms with Crippen molar-refractivity contribution in [3.63, 3.8) is 0 Å². The number of ether oxygens (including phenoxy) is 3. The summed E-state index contributed by atoms with van der Waals surface area (Å²) < 4.78 is 54.0. The number of benzene rings is 1. The van der Waals surface area contributed by atoms with Gasteiger partial charge in [-0.2, -0.15) is 13.2 Å². The van der Waals surface area contributed by atoms with Gasteiger partial charge in [0.15, 0.2) is 0 Å². The summed E-state index contributed by atoms with van der Waals surface area (Å²) in [5.41, 5.74) is 5.11. The number of rotatable bonds is 9. The molecule has 120 valence electrons. The number of hydrogen-bond acceptors (Lipinski definition) is 4. The van der Waals surface area contributed by atoms with Gasteiger partial charge in [0.2, 0.25) is 0 Å². The monoisotopic (exact) mass is 307 g/mol. The van der Waals surface area contributed by atoms with Gasteiger partial charge >= 0.3 is 6.18 Å². The van der Waals surface area contributed by atoms with Crippen molar-refractivity contribution in [1.29, 1.82) is 0 Å². The van der Waals surface area contributed by atoms with Crippen LogP contribution >= 0.6 is 0 Å². The van der Waals surface area contributed by atoms with Crippen LogP contribution in [0.15, 0.2) is 18.2 Å². The maximum absolute atomic E-state index is 13.0. The molecule has 1 rings (SSSR count). The van der Waals surface area contributed by atoms with E-state index in [2.05, 4.69) is 0 Å². The van der Waals surface area contributed by atoms with Gasteiger partial charge in [0.05, 0.1) is 25.4 Å². The van der Waals surface area contributed by atoms with Crippen LogP contribution in [-0.4, -0.2) is 40.1 Å². The Morgan fingerprint density at radius 2 is 1.81 bits per heavy atom. The first kappa shape index (κ1) is 17.7. The zero-order valence-electron chi connectivity index (χ0n) is 11.9. The van der Waals surface area contributed by atoms with Crippen LogP contribution in [0.3, 0.4) is 0 Å². The first-order valence-corrected chi connectivity index (χ1v) is 6.58. The number of methoxy groups -OCH3 is 1. The summed E-state index contributed by atoms with van der Waals surface area (Å²) in [4.78, 5) is 0. The van der Waals surface area contributed by atoms with E-state index in [1.165, 1.54) is 6.07 Å². The normalized spacial score (nSPS) is 11.7. The lowest BCUT2D eigenvalue weighted by molar-refractivity contribution is -0.139. The molecule has 0 saturated carbocycles. The average molecular weight is 307 g/mol. The van der Waals surface area contributed by atoms with E-state index in [9.17, 15) is 13.2 Å². The van der Waals surface area contributed by atoms with Gasteiger partial charge in [-0.15, -0.1) is 0 Å². The zero-order valence-corrected chi connectivity index (χ0v) is 11.9. The van der Waals surface area contributed by atoms with Gasteiger partial charge in [0.25, 0.3) is 0 Å². The Balaban J connectivity index is 2.63. The Bertz CT molecular complexity index is 424. The van der Waals surface area contributed by atoms with Gasteiger partial charge in [-0.25, -0.2) is 0 Å². The molecular formula is C14H20F3NO3. The van der Waals surface area contributed by atoms with Crippen LogP contribution in [0.1, 0.15) is 11.1 Å². The summed E-state index contributed by atoms with van der Waals surface area (Å²) in [5.74, 6) is -0.196. The van der Waals surface area contributed by atoms with Crippen LogP contribution in [-0.2, 0) is 22.1 Å². The molecule has 0 radical (unpaired) electrons. The molecule has 0 spiro atoms. The molecule has 0 amide bonds. The zero-order chi connectivity index (χ0) is 15.7. The van der Waals surface area contributed by atoms with E-state index in [0.717, 1.165) is 6.07 Å². The predicted octanol–water partition coefficient (Wildman–Crippen LogP) is 2.25. The van der Waals surface area contributed by atoms with Gasteiger partial charge in [-0.05, 0) is 30.7 Å². The highest BCUT2D eigenvalue weighted by atomic mass is 19.4. The second-order valence-corrected chi connectivity index (χ2v) is 4.32. The average Bonchev–Trinajstić information content (AvgIpc) is 2.43. The molecule has 0 bridgehead atoms. The van der Waals surface area contributed by atoms with E-state index in [-0.39, 0.29) is 19.0 Å². The maximum atomic E-state index is 13.0. The topological polar surface area (TPSA) is 53.7 Å². The van der Waals surface area contributed by atoms with Crippen molar-refractivity contribution in [2.45, 2.75) is 12.6 Å². The Morgan fingerprint density at radius 1 is 1.10 bits per heavy atom.